The van der Waals surface area contributed by atoms with Crippen LogP contribution in [-0.2, 0) is 0 Å². The number of hydrogen-bond donors (Lipinski definition) is 1. The summed E-state index contributed by atoms with van der Waals surface area (Å²) in [6.45, 7) is 8.75. The highest BCUT2D eigenvalue weighted by Gasteiger charge is 2.17. The summed E-state index contributed by atoms with van der Waals surface area (Å²) < 4.78 is 0. The predicted octanol–water partition coefficient (Wildman–Crippen LogP) is 4.29. The molecule has 0 aliphatic rings. The van der Waals surface area contributed by atoms with E-state index < -0.39 is 0 Å². The molecule has 1 atom stereocenters. The molecule has 0 bridgehead atoms. The maximum atomic E-state index is 3.46. The van der Waals surface area contributed by atoms with Gasteiger partial charge < -0.3 is 5.32 Å². The molecule has 0 saturated heterocycles. The van der Waals surface area contributed by atoms with Crippen molar-refractivity contribution >= 4 is 11.3 Å². The lowest BCUT2D eigenvalue weighted by Crippen LogP contribution is -2.19. The van der Waals surface area contributed by atoms with Gasteiger partial charge in [0.15, 0.2) is 0 Å². The number of nitrogens with one attached hydrogen (secondary N) is 1. The second-order valence-corrected chi connectivity index (χ2v) is 5.77. The first-order valence-corrected chi connectivity index (χ1v) is 7.26. The highest BCUT2D eigenvalue weighted by atomic mass is 32.1. The molecule has 0 saturated carbocycles. The number of rotatable bonds is 3. The van der Waals surface area contributed by atoms with Crippen LogP contribution in [0.4, 0.5) is 0 Å². The molecule has 2 rings (SSSR count). The molecule has 1 heterocycles. The second-order valence-electron chi connectivity index (χ2n) is 5.02. The average Bonchev–Trinajstić information content (AvgIpc) is 2.73. The Morgan fingerprint density at radius 2 is 1.50 bits per heavy atom. The van der Waals surface area contributed by atoms with Gasteiger partial charge in [-0.1, -0.05) is 12.1 Å². The third-order valence-electron chi connectivity index (χ3n) is 3.69. The summed E-state index contributed by atoms with van der Waals surface area (Å²) in [5, 5.41) is 7.93. The molecule has 0 aliphatic heterocycles. The van der Waals surface area contributed by atoms with Crippen molar-refractivity contribution < 1.29 is 0 Å². The van der Waals surface area contributed by atoms with Crippen molar-refractivity contribution in [3.63, 3.8) is 0 Å². The maximum absolute atomic E-state index is 3.46. The molecule has 18 heavy (non-hydrogen) atoms. The van der Waals surface area contributed by atoms with E-state index in [0.717, 1.165) is 0 Å². The zero-order valence-electron chi connectivity index (χ0n) is 11.8. The van der Waals surface area contributed by atoms with Gasteiger partial charge in [0.25, 0.3) is 0 Å². The minimum atomic E-state index is 0.301. The number of hydrogen-bond acceptors (Lipinski definition) is 2. The van der Waals surface area contributed by atoms with Crippen molar-refractivity contribution in [3.8, 4) is 0 Å². The highest BCUT2D eigenvalue weighted by Crippen LogP contribution is 2.30. The molecular weight excluding hydrogens is 238 g/mol. The second kappa shape index (κ2) is 5.25. The van der Waals surface area contributed by atoms with Crippen LogP contribution in [0.5, 0.6) is 0 Å². The first-order chi connectivity index (χ1) is 8.54. The largest absolute Gasteiger partial charge is 0.309 e. The summed E-state index contributed by atoms with van der Waals surface area (Å²) in [5.41, 5.74) is 8.26. The van der Waals surface area contributed by atoms with E-state index in [0.29, 0.717) is 6.04 Å². The maximum Gasteiger partial charge on any atom is 0.0587 e. The molecule has 1 aromatic carbocycles. The zero-order valence-corrected chi connectivity index (χ0v) is 12.6. The molecule has 1 aromatic heterocycles. The molecular formula is C16H21NS. The Morgan fingerprint density at radius 3 is 2.06 bits per heavy atom. The Hall–Kier alpha value is -1.12. The summed E-state index contributed by atoms with van der Waals surface area (Å²) in [5.74, 6) is 0. The lowest BCUT2D eigenvalue weighted by molar-refractivity contribution is 0.685. The van der Waals surface area contributed by atoms with E-state index in [9.17, 15) is 0 Å². The van der Waals surface area contributed by atoms with E-state index in [4.69, 9.17) is 0 Å². The van der Waals surface area contributed by atoms with Gasteiger partial charge in [0.1, 0.15) is 0 Å². The van der Waals surface area contributed by atoms with Crippen LogP contribution in [0.3, 0.4) is 0 Å². The Bertz CT molecular complexity index is 554. The van der Waals surface area contributed by atoms with Crippen LogP contribution in [-0.4, -0.2) is 7.05 Å². The molecule has 0 amide bonds. The summed E-state index contributed by atoms with van der Waals surface area (Å²) in [6.07, 6.45) is 0. The molecule has 1 N–H and O–H groups in total. The number of aryl methyl sites for hydroxylation is 4. The molecule has 0 aliphatic carbocycles. The Labute approximate surface area is 114 Å². The van der Waals surface area contributed by atoms with Crippen LogP contribution >= 0.6 is 11.3 Å². The smallest absolute Gasteiger partial charge is 0.0587 e. The quantitative estimate of drug-likeness (QED) is 0.867. The highest BCUT2D eigenvalue weighted by molar-refractivity contribution is 7.08. The Kier molecular flexibility index (Phi) is 3.88. The lowest BCUT2D eigenvalue weighted by Gasteiger charge is -2.20. The predicted molar refractivity (Wildman–Crippen MR) is 80.6 cm³/mol. The standard InChI is InChI=1S/C16H21NS/c1-10-6-12(3)14(7-11(10)2)16(17-5)15-9-18-8-13(15)4/h6-9,16-17H,1-5H3. The SMILES string of the molecule is CNC(c1cscc1C)c1cc(C)c(C)cc1C. The molecule has 1 unspecified atom stereocenters. The third kappa shape index (κ3) is 2.36. The molecule has 0 fully saturated rings. The van der Waals surface area contributed by atoms with Gasteiger partial charge in [0, 0.05) is 0 Å². The van der Waals surface area contributed by atoms with Gasteiger partial charge in [0.2, 0.25) is 0 Å². The van der Waals surface area contributed by atoms with Crippen molar-refractivity contribution in [2.75, 3.05) is 7.05 Å². The van der Waals surface area contributed by atoms with E-state index in [2.05, 4.69) is 55.9 Å². The van der Waals surface area contributed by atoms with Crippen molar-refractivity contribution in [1.29, 1.82) is 0 Å². The van der Waals surface area contributed by atoms with Crippen molar-refractivity contribution in [2.24, 2.45) is 0 Å². The van der Waals surface area contributed by atoms with Crippen LogP contribution < -0.4 is 5.32 Å². The average molecular weight is 259 g/mol. The topological polar surface area (TPSA) is 12.0 Å². The monoisotopic (exact) mass is 259 g/mol. The van der Waals surface area contributed by atoms with Gasteiger partial charge in [-0.2, -0.15) is 11.3 Å². The van der Waals surface area contributed by atoms with Gasteiger partial charge in [-0.25, -0.2) is 0 Å². The molecule has 0 radical (unpaired) electrons. The molecule has 2 heteroatoms. The van der Waals surface area contributed by atoms with Crippen LogP contribution in [0.25, 0.3) is 0 Å². The van der Waals surface area contributed by atoms with Crippen molar-refractivity contribution in [1.82, 2.24) is 5.32 Å². The Morgan fingerprint density at radius 1 is 0.833 bits per heavy atom. The van der Waals surface area contributed by atoms with Gasteiger partial charge in [-0.15, -0.1) is 0 Å². The fourth-order valence-corrected chi connectivity index (χ4v) is 3.32. The van der Waals surface area contributed by atoms with E-state index in [1.54, 1.807) is 11.3 Å². The van der Waals surface area contributed by atoms with Gasteiger partial charge in [0.05, 0.1) is 6.04 Å². The minimum absolute atomic E-state index is 0.301. The van der Waals surface area contributed by atoms with E-state index in [1.165, 1.54) is 33.4 Å². The third-order valence-corrected chi connectivity index (χ3v) is 4.57. The van der Waals surface area contributed by atoms with Gasteiger partial charge in [-0.3, -0.25) is 0 Å². The van der Waals surface area contributed by atoms with Crippen molar-refractivity contribution in [2.45, 2.75) is 33.7 Å². The van der Waals surface area contributed by atoms with Gasteiger partial charge >= 0.3 is 0 Å². The lowest BCUT2D eigenvalue weighted by atomic mass is 9.91. The number of benzene rings is 1. The van der Waals surface area contributed by atoms with E-state index >= 15 is 0 Å². The van der Waals surface area contributed by atoms with E-state index in [1.807, 2.05) is 7.05 Å². The minimum Gasteiger partial charge on any atom is -0.309 e. The molecule has 1 nitrogen and oxygen atoms in total. The zero-order chi connectivity index (χ0) is 13.3. The molecule has 2 aromatic rings. The molecule has 0 spiro atoms. The van der Waals surface area contributed by atoms with Crippen molar-refractivity contribution in [3.05, 3.63) is 56.3 Å². The molecule has 96 valence electrons. The van der Waals surface area contributed by atoms with Crippen LogP contribution in [0.1, 0.15) is 39.4 Å². The summed E-state index contributed by atoms with van der Waals surface area (Å²) >= 11 is 1.78. The normalized spacial score (nSPS) is 12.7. The summed E-state index contributed by atoms with van der Waals surface area (Å²) in [6, 6.07) is 4.91. The van der Waals surface area contributed by atoms with Crippen LogP contribution in [0, 0.1) is 27.7 Å². The van der Waals surface area contributed by atoms with Gasteiger partial charge in [-0.05, 0) is 78.9 Å². The van der Waals surface area contributed by atoms with Crippen LogP contribution in [0.15, 0.2) is 22.9 Å². The first-order valence-electron chi connectivity index (χ1n) is 6.32. The summed E-state index contributed by atoms with van der Waals surface area (Å²) in [4.78, 5) is 0. The first kappa shape index (κ1) is 13.3. The fourth-order valence-electron chi connectivity index (χ4n) is 2.44. The fraction of sp³-hybridized carbons (Fsp3) is 0.375. The van der Waals surface area contributed by atoms with E-state index in [-0.39, 0.29) is 0 Å². The summed E-state index contributed by atoms with van der Waals surface area (Å²) in [7, 11) is 2.04. The Balaban J connectivity index is 2.52. The number of thiophene rings is 1. The van der Waals surface area contributed by atoms with Crippen LogP contribution in [0.2, 0.25) is 0 Å².